The van der Waals surface area contributed by atoms with E-state index in [0.29, 0.717) is 5.41 Å². The van der Waals surface area contributed by atoms with Crippen LogP contribution in [0.5, 0.6) is 0 Å². The van der Waals surface area contributed by atoms with E-state index >= 15 is 0 Å². The summed E-state index contributed by atoms with van der Waals surface area (Å²) in [5.74, 6) is 0. The normalized spacial score (nSPS) is 29.5. The highest BCUT2D eigenvalue weighted by molar-refractivity contribution is 4.99. The Labute approximate surface area is 81.9 Å². The topological polar surface area (TPSA) is 6.48 Å². The zero-order valence-corrected chi connectivity index (χ0v) is 9.21. The van der Waals surface area contributed by atoms with E-state index in [9.17, 15) is 0 Å². The third-order valence-corrected chi connectivity index (χ3v) is 3.66. The molecule has 2 heteroatoms. The summed E-state index contributed by atoms with van der Waals surface area (Å²) in [6.07, 6.45) is 2.86. The minimum Gasteiger partial charge on any atom is -0.306 e. The second-order valence-corrected chi connectivity index (χ2v) is 5.34. The van der Waals surface area contributed by atoms with Crippen molar-refractivity contribution in [1.82, 2.24) is 9.80 Å². The average molecular weight is 182 g/mol. The molecular formula is C11H22N2. The summed E-state index contributed by atoms with van der Waals surface area (Å²) in [5, 5.41) is 0. The number of hydrogen-bond donors (Lipinski definition) is 0. The Morgan fingerprint density at radius 1 is 1.15 bits per heavy atom. The Morgan fingerprint density at radius 2 is 1.85 bits per heavy atom. The molecule has 2 saturated heterocycles. The van der Waals surface area contributed by atoms with E-state index in [4.69, 9.17) is 0 Å². The number of nitrogens with zero attached hydrogens (tertiary/aromatic N) is 2. The first-order valence-corrected chi connectivity index (χ1v) is 5.54. The predicted octanol–water partition coefficient (Wildman–Crippen LogP) is 1.42. The highest BCUT2D eigenvalue weighted by Gasteiger charge is 2.45. The molecule has 0 aromatic heterocycles. The molecule has 0 bridgehead atoms. The van der Waals surface area contributed by atoms with Crippen LogP contribution in [0.4, 0.5) is 0 Å². The van der Waals surface area contributed by atoms with E-state index in [0.717, 1.165) is 6.04 Å². The van der Waals surface area contributed by atoms with Gasteiger partial charge in [0.2, 0.25) is 0 Å². The van der Waals surface area contributed by atoms with Crippen molar-refractivity contribution in [3.05, 3.63) is 0 Å². The lowest BCUT2D eigenvalue weighted by Crippen LogP contribution is -2.63. The molecular weight excluding hydrogens is 160 g/mol. The van der Waals surface area contributed by atoms with E-state index in [2.05, 4.69) is 30.7 Å². The second kappa shape index (κ2) is 3.25. The number of rotatable bonds is 1. The molecule has 2 heterocycles. The second-order valence-electron chi connectivity index (χ2n) is 5.34. The van der Waals surface area contributed by atoms with Gasteiger partial charge in [-0.1, -0.05) is 0 Å². The van der Waals surface area contributed by atoms with Crippen LogP contribution in [0, 0.1) is 5.41 Å². The van der Waals surface area contributed by atoms with Crippen LogP contribution in [0.2, 0.25) is 0 Å². The maximum atomic E-state index is 2.60. The molecule has 2 aliphatic heterocycles. The molecule has 0 unspecified atom stereocenters. The fraction of sp³-hybridized carbons (Fsp3) is 1.00. The number of hydrogen-bond acceptors (Lipinski definition) is 2. The van der Waals surface area contributed by atoms with Gasteiger partial charge in [0.15, 0.2) is 0 Å². The quantitative estimate of drug-likeness (QED) is 0.605. The molecule has 76 valence electrons. The van der Waals surface area contributed by atoms with Gasteiger partial charge in [-0.3, -0.25) is 4.90 Å². The third kappa shape index (κ3) is 1.75. The van der Waals surface area contributed by atoms with Crippen molar-refractivity contribution in [3.63, 3.8) is 0 Å². The highest BCUT2D eigenvalue weighted by Crippen LogP contribution is 2.39. The molecule has 0 aliphatic carbocycles. The van der Waals surface area contributed by atoms with E-state index in [1.807, 2.05) is 0 Å². The van der Waals surface area contributed by atoms with E-state index in [1.165, 1.54) is 39.0 Å². The molecule has 2 nitrogen and oxygen atoms in total. The zero-order chi connectivity index (χ0) is 9.47. The third-order valence-electron chi connectivity index (χ3n) is 3.66. The Morgan fingerprint density at radius 3 is 2.38 bits per heavy atom. The molecule has 1 spiro atoms. The van der Waals surface area contributed by atoms with Gasteiger partial charge in [-0.2, -0.15) is 0 Å². The molecule has 0 saturated carbocycles. The first-order valence-electron chi connectivity index (χ1n) is 5.54. The standard InChI is InChI=1S/C11H22N2/c1-10(2)13-8-11(9-13)5-4-6-12(3)7-11/h10H,4-9H2,1-3H3. The van der Waals surface area contributed by atoms with Crippen molar-refractivity contribution < 1.29 is 0 Å². The van der Waals surface area contributed by atoms with Crippen LogP contribution < -0.4 is 0 Å². The van der Waals surface area contributed by atoms with Gasteiger partial charge >= 0.3 is 0 Å². The van der Waals surface area contributed by atoms with E-state index in [1.54, 1.807) is 0 Å². The van der Waals surface area contributed by atoms with E-state index in [-0.39, 0.29) is 0 Å². The Balaban J connectivity index is 1.88. The molecule has 2 rings (SSSR count). The van der Waals surface area contributed by atoms with Crippen molar-refractivity contribution in [1.29, 1.82) is 0 Å². The molecule has 0 amide bonds. The van der Waals surface area contributed by atoms with Crippen LogP contribution >= 0.6 is 0 Å². The maximum Gasteiger partial charge on any atom is 0.00853 e. The first-order chi connectivity index (χ1) is 6.11. The van der Waals surface area contributed by atoms with Crippen molar-refractivity contribution >= 4 is 0 Å². The highest BCUT2D eigenvalue weighted by atomic mass is 15.3. The Kier molecular flexibility index (Phi) is 2.37. The summed E-state index contributed by atoms with van der Waals surface area (Å²) in [7, 11) is 2.26. The Hall–Kier alpha value is -0.0800. The van der Waals surface area contributed by atoms with Gasteiger partial charge in [-0.15, -0.1) is 0 Å². The monoisotopic (exact) mass is 182 g/mol. The van der Waals surface area contributed by atoms with Crippen molar-refractivity contribution in [2.24, 2.45) is 5.41 Å². The van der Waals surface area contributed by atoms with Crippen LogP contribution in [-0.2, 0) is 0 Å². The summed E-state index contributed by atoms with van der Waals surface area (Å²) >= 11 is 0. The zero-order valence-electron chi connectivity index (χ0n) is 9.21. The number of likely N-dealkylation sites (tertiary alicyclic amines) is 2. The Bertz CT molecular complexity index is 183. The minimum atomic E-state index is 0.678. The van der Waals surface area contributed by atoms with Gasteiger partial charge in [0, 0.05) is 31.1 Å². The summed E-state index contributed by atoms with van der Waals surface area (Å²) in [5.41, 5.74) is 0.678. The minimum absolute atomic E-state index is 0.678. The maximum absolute atomic E-state index is 2.60. The van der Waals surface area contributed by atoms with Crippen molar-refractivity contribution in [3.8, 4) is 0 Å². The molecule has 2 aliphatic rings. The molecule has 0 aromatic rings. The largest absolute Gasteiger partial charge is 0.306 e. The summed E-state index contributed by atoms with van der Waals surface area (Å²) in [4.78, 5) is 5.10. The fourth-order valence-electron chi connectivity index (χ4n) is 2.89. The lowest BCUT2D eigenvalue weighted by molar-refractivity contribution is -0.0638. The van der Waals surface area contributed by atoms with Crippen LogP contribution in [0.3, 0.4) is 0 Å². The van der Waals surface area contributed by atoms with Gasteiger partial charge in [0.05, 0.1) is 0 Å². The smallest absolute Gasteiger partial charge is 0.00853 e. The molecule has 0 aromatic carbocycles. The number of piperidine rings is 1. The van der Waals surface area contributed by atoms with Crippen molar-refractivity contribution in [2.45, 2.75) is 32.7 Å². The first kappa shape index (κ1) is 9.47. The van der Waals surface area contributed by atoms with E-state index < -0.39 is 0 Å². The summed E-state index contributed by atoms with van der Waals surface area (Å²) in [6.45, 7) is 9.93. The fourth-order valence-corrected chi connectivity index (χ4v) is 2.89. The van der Waals surface area contributed by atoms with Gasteiger partial charge in [-0.25, -0.2) is 0 Å². The molecule has 0 atom stereocenters. The predicted molar refractivity (Wildman–Crippen MR) is 55.9 cm³/mol. The average Bonchev–Trinajstić information content (AvgIpc) is 1.99. The molecule has 0 N–H and O–H groups in total. The summed E-state index contributed by atoms with van der Waals surface area (Å²) < 4.78 is 0. The molecule has 13 heavy (non-hydrogen) atoms. The van der Waals surface area contributed by atoms with Gasteiger partial charge in [0.1, 0.15) is 0 Å². The molecule has 2 fully saturated rings. The van der Waals surface area contributed by atoms with Crippen molar-refractivity contribution in [2.75, 3.05) is 33.2 Å². The lowest BCUT2D eigenvalue weighted by Gasteiger charge is -2.55. The summed E-state index contributed by atoms with van der Waals surface area (Å²) in [6, 6.07) is 0.748. The van der Waals surface area contributed by atoms with Crippen LogP contribution in [0.15, 0.2) is 0 Å². The van der Waals surface area contributed by atoms with Crippen LogP contribution in [0.25, 0.3) is 0 Å². The van der Waals surface area contributed by atoms with Crippen LogP contribution in [-0.4, -0.2) is 49.1 Å². The van der Waals surface area contributed by atoms with Crippen LogP contribution in [0.1, 0.15) is 26.7 Å². The van der Waals surface area contributed by atoms with Gasteiger partial charge in [0.25, 0.3) is 0 Å². The van der Waals surface area contributed by atoms with Gasteiger partial charge < -0.3 is 4.90 Å². The SMILES string of the molecule is CC(C)N1CC2(CCCN(C)C2)C1. The lowest BCUT2D eigenvalue weighted by atomic mass is 9.73. The van der Waals surface area contributed by atoms with Gasteiger partial charge in [-0.05, 0) is 40.3 Å². The molecule has 0 radical (unpaired) electrons.